The Morgan fingerprint density at radius 1 is 1.12 bits per heavy atom. The molecule has 1 heterocycles. The number of hydrogen-bond donors (Lipinski definition) is 3. The molecule has 0 amide bonds. The lowest BCUT2D eigenvalue weighted by Crippen LogP contribution is -2.12. The maximum Gasteiger partial charge on any atom is 0.238 e. The van der Waals surface area contributed by atoms with Crippen molar-refractivity contribution in [3.8, 4) is 0 Å². The first-order chi connectivity index (χ1) is 12.0. The van der Waals surface area contributed by atoms with Crippen molar-refractivity contribution in [3.05, 3.63) is 42.1 Å². The van der Waals surface area contributed by atoms with Crippen LogP contribution in [0.3, 0.4) is 0 Å². The summed E-state index contributed by atoms with van der Waals surface area (Å²) in [5.41, 5.74) is 0.994. The molecule has 0 saturated heterocycles. The monoisotopic (exact) mass is 365 g/mol. The molecule has 0 aliphatic rings. The molecule has 136 valence electrons. The Hall–Kier alpha value is -2.23. The number of ether oxygens (including phenoxy) is 1. The van der Waals surface area contributed by atoms with Gasteiger partial charge in [-0.1, -0.05) is 12.1 Å². The molecule has 0 atom stereocenters. The first-order valence-corrected chi connectivity index (χ1v) is 9.45. The van der Waals surface area contributed by atoms with E-state index in [-0.39, 0.29) is 4.90 Å². The molecule has 1 aromatic carbocycles. The summed E-state index contributed by atoms with van der Waals surface area (Å²) in [6.07, 6.45) is 3.30. The molecule has 0 aliphatic heterocycles. The fourth-order valence-corrected chi connectivity index (χ4v) is 2.66. The summed E-state index contributed by atoms with van der Waals surface area (Å²) in [4.78, 5) is 8.67. The predicted octanol–water partition coefficient (Wildman–Crippen LogP) is 1.23. The lowest BCUT2D eigenvalue weighted by Gasteiger charge is -2.08. The Morgan fingerprint density at radius 2 is 1.88 bits per heavy atom. The molecule has 8 nitrogen and oxygen atoms in total. The van der Waals surface area contributed by atoms with E-state index in [0.29, 0.717) is 25.5 Å². The Morgan fingerprint density at radius 3 is 2.56 bits per heavy atom. The van der Waals surface area contributed by atoms with Gasteiger partial charge in [-0.15, -0.1) is 0 Å². The Balaban J connectivity index is 1.81. The summed E-state index contributed by atoms with van der Waals surface area (Å²) < 4.78 is 27.4. The van der Waals surface area contributed by atoms with Crippen molar-refractivity contribution >= 4 is 21.8 Å². The molecule has 0 aliphatic carbocycles. The SMILES string of the molecule is COCCCNc1ccnc(NCCc2ccc(S(N)(=O)=O)cc2)n1. The molecular formula is C16H23N5O3S. The van der Waals surface area contributed by atoms with E-state index in [1.165, 1.54) is 12.1 Å². The van der Waals surface area contributed by atoms with Gasteiger partial charge in [0.25, 0.3) is 0 Å². The smallest absolute Gasteiger partial charge is 0.238 e. The second kappa shape index (κ2) is 9.30. The minimum Gasteiger partial charge on any atom is -0.385 e. The Bertz CT molecular complexity index is 766. The Kier molecular flexibility index (Phi) is 7.11. The number of nitrogens with one attached hydrogen (secondary N) is 2. The van der Waals surface area contributed by atoms with Gasteiger partial charge in [-0.2, -0.15) is 4.98 Å². The minimum absolute atomic E-state index is 0.111. The van der Waals surface area contributed by atoms with Gasteiger partial charge in [0.1, 0.15) is 5.82 Å². The van der Waals surface area contributed by atoms with E-state index in [4.69, 9.17) is 9.88 Å². The number of nitrogens with zero attached hydrogens (tertiary/aromatic N) is 2. The second-order valence-electron chi connectivity index (χ2n) is 5.40. The lowest BCUT2D eigenvalue weighted by molar-refractivity contribution is 0.198. The van der Waals surface area contributed by atoms with E-state index in [2.05, 4.69) is 20.6 Å². The second-order valence-corrected chi connectivity index (χ2v) is 6.97. The zero-order valence-corrected chi connectivity index (χ0v) is 14.9. The van der Waals surface area contributed by atoms with Crippen LogP contribution < -0.4 is 15.8 Å². The molecule has 1 aromatic heterocycles. The highest BCUT2D eigenvalue weighted by Crippen LogP contribution is 2.10. The molecule has 0 spiro atoms. The highest BCUT2D eigenvalue weighted by molar-refractivity contribution is 7.89. The number of anilines is 2. The summed E-state index contributed by atoms with van der Waals surface area (Å²) in [7, 11) is -1.97. The summed E-state index contributed by atoms with van der Waals surface area (Å²) in [6, 6.07) is 8.31. The zero-order chi connectivity index (χ0) is 18.1. The van der Waals surface area contributed by atoms with Gasteiger partial charge in [0.05, 0.1) is 4.90 Å². The van der Waals surface area contributed by atoms with Crippen molar-refractivity contribution in [1.29, 1.82) is 0 Å². The molecule has 2 rings (SSSR count). The summed E-state index contributed by atoms with van der Waals surface area (Å²) in [5, 5.41) is 11.4. The third kappa shape index (κ3) is 6.65. The van der Waals surface area contributed by atoms with E-state index in [1.807, 2.05) is 6.07 Å². The van der Waals surface area contributed by atoms with E-state index in [9.17, 15) is 8.42 Å². The lowest BCUT2D eigenvalue weighted by atomic mass is 10.1. The van der Waals surface area contributed by atoms with Crippen molar-refractivity contribution < 1.29 is 13.2 Å². The summed E-state index contributed by atoms with van der Waals surface area (Å²) >= 11 is 0. The van der Waals surface area contributed by atoms with Gasteiger partial charge in [-0.3, -0.25) is 0 Å². The van der Waals surface area contributed by atoms with Crippen LogP contribution in [0.2, 0.25) is 0 Å². The largest absolute Gasteiger partial charge is 0.385 e. The van der Waals surface area contributed by atoms with E-state index < -0.39 is 10.0 Å². The third-order valence-corrected chi connectivity index (χ3v) is 4.36. The van der Waals surface area contributed by atoms with Crippen LogP contribution in [0.15, 0.2) is 41.4 Å². The average molecular weight is 365 g/mol. The maximum atomic E-state index is 11.2. The van der Waals surface area contributed by atoms with Crippen molar-refractivity contribution in [3.63, 3.8) is 0 Å². The molecule has 25 heavy (non-hydrogen) atoms. The quantitative estimate of drug-likeness (QED) is 0.542. The van der Waals surface area contributed by atoms with Crippen LogP contribution in [0.5, 0.6) is 0 Å². The van der Waals surface area contributed by atoms with Crippen LogP contribution in [0.4, 0.5) is 11.8 Å². The van der Waals surface area contributed by atoms with Gasteiger partial charge in [0.2, 0.25) is 16.0 Å². The molecule has 0 fully saturated rings. The molecule has 2 aromatic rings. The number of primary sulfonamides is 1. The number of sulfonamides is 1. The third-order valence-electron chi connectivity index (χ3n) is 3.44. The number of benzene rings is 1. The summed E-state index contributed by atoms with van der Waals surface area (Å²) in [6.45, 7) is 2.11. The highest BCUT2D eigenvalue weighted by Gasteiger charge is 2.06. The zero-order valence-electron chi connectivity index (χ0n) is 14.1. The van der Waals surface area contributed by atoms with E-state index in [1.54, 1.807) is 25.4 Å². The van der Waals surface area contributed by atoms with E-state index >= 15 is 0 Å². The van der Waals surface area contributed by atoms with Gasteiger partial charge in [0, 0.05) is 33.0 Å². The predicted molar refractivity (Wildman–Crippen MR) is 97.0 cm³/mol. The number of nitrogens with two attached hydrogens (primary N) is 1. The van der Waals surface area contributed by atoms with Gasteiger partial charge in [-0.05, 0) is 36.6 Å². The summed E-state index contributed by atoms with van der Waals surface area (Å²) in [5.74, 6) is 1.30. The highest BCUT2D eigenvalue weighted by atomic mass is 32.2. The molecule has 0 radical (unpaired) electrons. The number of rotatable bonds is 10. The molecule has 0 unspecified atom stereocenters. The fraction of sp³-hybridized carbons (Fsp3) is 0.375. The van der Waals surface area contributed by atoms with Gasteiger partial charge >= 0.3 is 0 Å². The Labute approximate surface area is 147 Å². The van der Waals surface area contributed by atoms with Gasteiger partial charge in [-0.25, -0.2) is 18.5 Å². The van der Waals surface area contributed by atoms with Crippen molar-refractivity contribution in [2.75, 3.05) is 37.4 Å². The standard InChI is InChI=1S/C16H23N5O3S/c1-24-12-2-9-18-15-8-11-20-16(21-15)19-10-7-13-3-5-14(6-4-13)25(17,22)23/h3-6,8,11H,2,7,9-10,12H2,1H3,(H2,17,22,23)(H2,18,19,20,21). The topological polar surface area (TPSA) is 119 Å². The van der Waals surface area contributed by atoms with Crippen LogP contribution in [0, 0.1) is 0 Å². The minimum atomic E-state index is -3.65. The van der Waals surface area contributed by atoms with Crippen LogP contribution in [-0.4, -0.2) is 45.2 Å². The van der Waals surface area contributed by atoms with Gasteiger partial charge in [0.15, 0.2) is 0 Å². The number of hydrogen-bond acceptors (Lipinski definition) is 7. The first-order valence-electron chi connectivity index (χ1n) is 7.90. The molecular weight excluding hydrogens is 342 g/mol. The fourth-order valence-electron chi connectivity index (χ4n) is 2.14. The number of aromatic nitrogens is 2. The number of methoxy groups -OCH3 is 1. The maximum absolute atomic E-state index is 11.2. The van der Waals surface area contributed by atoms with Crippen molar-refractivity contribution in [1.82, 2.24) is 9.97 Å². The average Bonchev–Trinajstić information content (AvgIpc) is 2.59. The van der Waals surface area contributed by atoms with Crippen molar-refractivity contribution in [2.24, 2.45) is 5.14 Å². The molecule has 0 bridgehead atoms. The van der Waals surface area contributed by atoms with E-state index in [0.717, 1.165) is 24.3 Å². The molecule has 4 N–H and O–H groups in total. The van der Waals surface area contributed by atoms with Crippen molar-refractivity contribution in [2.45, 2.75) is 17.7 Å². The van der Waals surface area contributed by atoms with Crippen LogP contribution in [0.25, 0.3) is 0 Å². The normalized spacial score (nSPS) is 11.3. The molecule has 9 heteroatoms. The van der Waals surface area contributed by atoms with Gasteiger partial charge < -0.3 is 15.4 Å². The molecule has 0 saturated carbocycles. The van der Waals surface area contributed by atoms with Crippen LogP contribution in [-0.2, 0) is 21.2 Å². The van der Waals surface area contributed by atoms with Crippen LogP contribution in [0.1, 0.15) is 12.0 Å². The van der Waals surface area contributed by atoms with Crippen LogP contribution >= 0.6 is 0 Å². The first kappa shape index (κ1) is 19.1.